The number of hydrogen-bond donors (Lipinski definition) is 0. The van der Waals surface area contributed by atoms with Crippen LogP contribution in [0.25, 0.3) is 67.8 Å². The Morgan fingerprint density at radius 1 is 0.490 bits per heavy atom. The highest BCUT2D eigenvalue weighted by Crippen LogP contribution is 2.34. The van der Waals surface area contributed by atoms with E-state index in [0.29, 0.717) is 23.3 Å². The maximum absolute atomic E-state index is 5.03. The van der Waals surface area contributed by atoms with Crippen LogP contribution in [0.15, 0.2) is 176 Å². The molecule has 0 aliphatic heterocycles. The van der Waals surface area contributed by atoms with Crippen molar-refractivity contribution in [1.29, 1.82) is 0 Å². The number of hydrogen-bond acceptors (Lipinski definition) is 6. The molecule has 5 aromatic carbocycles. The molecule has 49 heavy (non-hydrogen) atoms. The summed E-state index contributed by atoms with van der Waals surface area (Å²) in [6.45, 7) is 3.78. The van der Waals surface area contributed by atoms with Crippen molar-refractivity contribution < 1.29 is 0 Å². The van der Waals surface area contributed by atoms with Gasteiger partial charge in [0, 0.05) is 41.7 Å². The highest BCUT2D eigenvalue weighted by atomic mass is 15.0. The largest absolute Gasteiger partial charge is 0.288 e. The lowest BCUT2D eigenvalue weighted by atomic mass is 9.94. The summed E-state index contributed by atoms with van der Waals surface area (Å²) in [7, 11) is 1.80. The monoisotopic (exact) mass is 632 g/mol. The summed E-state index contributed by atoms with van der Waals surface area (Å²) in [5.74, 6) is 2.52. The minimum Gasteiger partial charge on any atom is -0.288 e. The number of aliphatic imine (C=N–C) groups is 1. The molecular weight excluding hydrogens is 601 g/mol. The van der Waals surface area contributed by atoms with Crippen molar-refractivity contribution in [3.63, 3.8) is 0 Å². The predicted molar refractivity (Wildman–Crippen MR) is 200 cm³/mol. The van der Waals surface area contributed by atoms with Gasteiger partial charge < -0.3 is 0 Å². The second-order valence-electron chi connectivity index (χ2n) is 11.3. The molecule has 0 aliphatic carbocycles. The maximum atomic E-state index is 5.03. The molecule has 6 heteroatoms. The highest BCUT2D eigenvalue weighted by molar-refractivity contribution is 6.09. The van der Waals surface area contributed by atoms with E-state index in [4.69, 9.17) is 15.0 Å². The van der Waals surface area contributed by atoms with Crippen LogP contribution in [0.4, 0.5) is 0 Å². The first-order valence-corrected chi connectivity index (χ1v) is 16.0. The van der Waals surface area contributed by atoms with Crippen molar-refractivity contribution in [2.75, 3.05) is 7.05 Å². The fourth-order valence-corrected chi connectivity index (χ4v) is 5.58. The number of aromatic nitrogens is 5. The van der Waals surface area contributed by atoms with Crippen molar-refractivity contribution in [2.24, 2.45) is 4.99 Å². The predicted octanol–water partition coefficient (Wildman–Crippen LogP) is 9.82. The molecule has 0 radical (unpaired) electrons. The Hall–Kier alpha value is -6.66. The molecule has 0 spiro atoms. The molecular formula is C43H32N6. The first-order chi connectivity index (χ1) is 24.2. The Morgan fingerprint density at radius 2 is 0.939 bits per heavy atom. The van der Waals surface area contributed by atoms with E-state index in [1.807, 2.05) is 78.9 Å². The first kappa shape index (κ1) is 31.0. The van der Waals surface area contributed by atoms with Crippen LogP contribution in [0.3, 0.4) is 0 Å². The molecule has 7 aromatic rings. The first-order valence-electron chi connectivity index (χ1n) is 16.0. The van der Waals surface area contributed by atoms with Gasteiger partial charge in [-0.2, -0.15) is 0 Å². The van der Waals surface area contributed by atoms with Gasteiger partial charge in [-0.15, -0.1) is 0 Å². The van der Waals surface area contributed by atoms with Crippen LogP contribution in [0.5, 0.6) is 0 Å². The zero-order chi connectivity index (χ0) is 33.4. The Kier molecular flexibility index (Phi) is 9.10. The van der Waals surface area contributed by atoms with Gasteiger partial charge in [-0.05, 0) is 58.2 Å². The molecule has 0 N–H and O–H groups in total. The fraction of sp³-hybridized carbons (Fsp3) is 0.0233. The Bertz CT molecular complexity index is 2200. The maximum Gasteiger partial charge on any atom is 0.164 e. The van der Waals surface area contributed by atoms with Gasteiger partial charge in [-0.3, -0.25) is 4.99 Å². The highest BCUT2D eigenvalue weighted by Gasteiger charge is 2.15. The molecule has 0 unspecified atom stereocenters. The molecule has 2 heterocycles. The standard InChI is InChI=1S/C43H32N6/c1-3-4-16-39(44-2)32-21-17-30(18-22-32)36-27-37(31-19-23-35(24-20-31)40-45-25-11-26-46-40)29-38(28-36)43-48-41(33-12-7-5-8-13-33)47-42(49-43)34-14-9-6-10-15-34/h3-29H,1H2,2H3/b16-4-,44-39+. The summed E-state index contributed by atoms with van der Waals surface area (Å²) in [5.41, 5.74) is 9.77. The summed E-state index contributed by atoms with van der Waals surface area (Å²) < 4.78 is 0. The quantitative estimate of drug-likeness (QED) is 0.117. The topological polar surface area (TPSA) is 76.8 Å². The third-order valence-electron chi connectivity index (χ3n) is 8.08. The van der Waals surface area contributed by atoms with E-state index < -0.39 is 0 Å². The van der Waals surface area contributed by atoms with E-state index >= 15 is 0 Å². The smallest absolute Gasteiger partial charge is 0.164 e. The van der Waals surface area contributed by atoms with Crippen molar-refractivity contribution in [1.82, 2.24) is 24.9 Å². The van der Waals surface area contributed by atoms with Gasteiger partial charge in [0.25, 0.3) is 0 Å². The van der Waals surface area contributed by atoms with Crippen LogP contribution in [0, 0.1) is 0 Å². The number of allylic oxidation sites excluding steroid dienone is 3. The lowest BCUT2D eigenvalue weighted by Crippen LogP contribution is -2.00. The lowest BCUT2D eigenvalue weighted by molar-refractivity contribution is 1.07. The molecule has 7 rings (SSSR count). The molecule has 0 aliphatic rings. The summed E-state index contributed by atoms with van der Waals surface area (Å²) in [6, 6.07) is 45.1. The third kappa shape index (κ3) is 7.04. The van der Waals surface area contributed by atoms with Crippen molar-refractivity contribution in [3.8, 4) is 67.8 Å². The van der Waals surface area contributed by atoms with E-state index in [0.717, 1.165) is 55.8 Å². The minimum absolute atomic E-state index is 0.594. The van der Waals surface area contributed by atoms with Crippen molar-refractivity contribution in [3.05, 3.63) is 176 Å². The van der Waals surface area contributed by atoms with Gasteiger partial charge in [0.05, 0.1) is 5.71 Å². The summed E-state index contributed by atoms with van der Waals surface area (Å²) >= 11 is 0. The van der Waals surface area contributed by atoms with Gasteiger partial charge >= 0.3 is 0 Å². The minimum atomic E-state index is 0.594. The van der Waals surface area contributed by atoms with Crippen LogP contribution >= 0.6 is 0 Å². The van der Waals surface area contributed by atoms with Crippen molar-refractivity contribution in [2.45, 2.75) is 0 Å². The van der Waals surface area contributed by atoms with Crippen molar-refractivity contribution >= 4 is 5.71 Å². The molecule has 234 valence electrons. The summed E-state index contributed by atoms with van der Waals surface area (Å²) in [5, 5.41) is 0. The second kappa shape index (κ2) is 14.4. The molecule has 0 atom stereocenters. The molecule has 0 amide bonds. The van der Waals surface area contributed by atoms with Crippen LogP contribution in [-0.4, -0.2) is 37.7 Å². The number of nitrogens with zero attached hydrogens (tertiary/aromatic N) is 6. The Labute approximate surface area is 286 Å². The number of rotatable bonds is 9. The van der Waals surface area contributed by atoms with E-state index in [9.17, 15) is 0 Å². The zero-order valence-electron chi connectivity index (χ0n) is 27.0. The van der Waals surface area contributed by atoms with Crippen LogP contribution < -0.4 is 0 Å². The molecule has 6 nitrogen and oxygen atoms in total. The van der Waals surface area contributed by atoms with E-state index in [-0.39, 0.29) is 0 Å². The van der Waals surface area contributed by atoms with Gasteiger partial charge in [0.1, 0.15) is 0 Å². The van der Waals surface area contributed by atoms with E-state index in [2.05, 4.69) is 88.3 Å². The van der Waals surface area contributed by atoms with E-state index in [1.54, 1.807) is 25.5 Å². The Morgan fingerprint density at radius 3 is 1.45 bits per heavy atom. The lowest BCUT2D eigenvalue weighted by Gasteiger charge is -2.13. The van der Waals surface area contributed by atoms with Crippen LogP contribution in [-0.2, 0) is 0 Å². The molecule has 0 saturated heterocycles. The normalized spacial score (nSPS) is 11.5. The molecule has 2 aromatic heterocycles. The summed E-state index contributed by atoms with van der Waals surface area (Å²) in [6.07, 6.45) is 9.11. The molecule has 0 saturated carbocycles. The third-order valence-corrected chi connectivity index (χ3v) is 8.08. The van der Waals surface area contributed by atoms with Gasteiger partial charge in [0.2, 0.25) is 0 Å². The molecule has 0 fully saturated rings. The van der Waals surface area contributed by atoms with Gasteiger partial charge in [-0.1, -0.05) is 128 Å². The number of benzene rings is 5. The SMILES string of the molecule is C=C/C=C\C(=N/C)c1ccc(-c2cc(-c3ccc(-c4ncccn4)cc3)cc(-c3nc(-c4ccccc4)nc(-c4ccccc4)n3)c2)cc1. The average Bonchev–Trinajstić information content (AvgIpc) is 3.19. The average molecular weight is 633 g/mol. The summed E-state index contributed by atoms with van der Waals surface area (Å²) in [4.78, 5) is 28.2. The van der Waals surface area contributed by atoms with E-state index in [1.165, 1.54) is 0 Å². The fourth-order valence-electron chi connectivity index (χ4n) is 5.58. The zero-order valence-corrected chi connectivity index (χ0v) is 27.0. The Balaban J connectivity index is 1.38. The van der Waals surface area contributed by atoms with Crippen LogP contribution in [0.1, 0.15) is 5.56 Å². The molecule has 0 bridgehead atoms. The van der Waals surface area contributed by atoms with Gasteiger partial charge in [-0.25, -0.2) is 24.9 Å². The van der Waals surface area contributed by atoms with Gasteiger partial charge in [0.15, 0.2) is 23.3 Å². The second-order valence-corrected chi connectivity index (χ2v) is 11.3. The van der Waals surface area contributed by atoms with Crippen LogP contribution in [0.2, 0.25) is 0 Å².